The molecule has 0 unspecified atom stereocenters. The summed E-state index contributed by atoms with van der Waals surface area (Å²) in [6.45, 7) is 0. The van der Waals surface area contributed by atoms with Crippen LogP contribution in [0.3, 0.4) is 0 Å². The van der Waals surface area contributed by atoms with Crippen LogP contribution in [0.4, 0.5) is 15.8 Å². The number of sulfonamides is 1. The Morgan fingerprint density at radius 3 is 2.41 bits per heavy atom. The lowest BCUT2D eigenvalue weighted by Gasteiger charge is -2.18. The zero-order chi connectivity index (χ0) is 22.9. The molecule has 1 amide bonds. The highest BCUT2D eigenvalue weighted by Crippen LogP contribution is 2.49. The predicted molar refractivity (Wildman–Crippen MR) is 121 cm³/mol. The number of hydrogen-bond acceptors (Lipinski definition) is 4. The van der Waals surface area contributed by atoms with Gasteiger partial charge >= 0.3 is 0 Å². The maximum Gasteiger partial charge on any atom is 0.262 e. The number of amides is 1. The normalized spacial score (nSPS) is 14.5. The van der Waals surface area contributed by atoms with Crippen molar-refractivity contribution in [1.82, 2.24) is 0 Å². The first-order valence-corrected chi connectivity index (χ1v) is 11.6. The van der Waals surface area contributed by atoms with Crippen LogP contribution in [-0.4, -0.2) is 21.4 Å². The van der Waals surface area contributed by atoms with Gasteiger partial charge in [-0.15, -0.1) is 0 Å². The molecule has 0 saturated heterocycles. The highest BCUT2D eigenvalue weighted by molar-refractivity contribution is 7.92. The van der Waals surface area contributed by atoms with E-state index in [0.29, 0.717) is 23.6 Å². The predicted octanol–water partition coefficient (Wildman–Crippen LogP) is 4.96. The average Bonchev–Trinajstić information content (AvgIpc) is 3.56. The molecule has 2 N–H and O–H groups in total. The Labute approximate surface area is 190 Å². The topological polar surface area (TPSA) is 84.5 Å². The summed E-state index contributed by atoms with van der Waals surface area (Å²) in [7, 11) is -2.59. The minimum atomic E-state index is -4.00. The Kier molecular flexibility index (Phi) is 5.83. The molecule has 0 aliphatic heterocycles. The molecule has 0 radical (unpaired) electrons. The van der Waals surface area contributed by atoms with E-state index < -0.39 is 21.3 Å². The molecule has 32 heavy (non-hydrogen) atoms. The standard InChI is InChI=1S/C23H20ClFN2O4S/c1-31-21-10-7-18(14-20(21)27-32(29,30)19-8-5-17(25)6-9-19)26-22(28)23(11-12-23)15-3-2-4-16(24)13-15/h2-10,13-14,27H,11-12H2,1H3,(H,26,28). The Morgan fingerprint density at radius 2 is 1.78 bits per heavy atom. The van der Waals surface area contributed by atoms with E-state index in [4.69, 9.17) is 16.3 Å². The first kappa shape index (κ1) is 22.1. The molecule has 0 spiro atoms. The van der Waals surface area contributed by atoms with E-state index in [1.54, 1.807) is 30.3 Å². The van der Waals surface area contributed by atoms with Crippen LogP contribution in [0.2, 0.25) is 5.02 Å². The smallest absolute Gasteiger partial charge is 0.262 e. The number of carbonyl (C=O) groups is 1. The lowest BCUT2D eigenvalue weighted by Crippen LogP contribution is -2.27. The van der Waals surface area contributed by atoms with Crippen molar-refractivity contribution in [1.29, 1.82) is 0 Å². The van der Waals surface area contributed by atoms with Crippen molar-refractivity contribution in [2.45, 2.75) is 23.2 Å². The molecule has 1 aliphatic rings. The van der Waals surface area contributed by atoms with E-state index in [1.807, 2.05) is 6.07 Å². The second-order valence-electron chi connectivity index (χ2n) is 7.52. The third-order valence-electron chi connectivity index (χ3n) is 5.39. The van der Waals surface area contributed by atoms with Crippen LogP contribution in [-0.2, 0) is 20.2 Å². The number of methoxy groups -OCH3 is 1. The molecule has 0 bridgehead atoms. The van der Waals surface area contributed by atoms with Crippen molar-refractivity contribution in [2.75, 3.05) is 17.1 Å². The Morgan fingerprint density at radius 1 is 1.06 bits per heavy atom. The largest absolute Gasteiger partial charge is 0.495 e. The molecular formula is C23H20ClFN2O4S. The summed E-state index contributed by atoms with van der Waals surface area (Å²) in [5.74, 6) is -0.470. The third kappa shape index (κ3) is 4.42. The average molecular weight is 475 g/mol. The van der Waals surface area contributed by atoms with Gasteiger partial charge in [0.25, 0.3) is 10.0 Å². The summed E-state index contributed by atoms with van der Waals surface area (Å²) in [6, 6.07) is 16.3. The lowest BCUT2D eigenvalue weighted by atomic mass is 9.95. The van der Waals surface area contributed by atoms with E-state index in [2.05, 4.69) is 10.0 Å². The van der Waals surface area contributed by atoms with Gasteiger partial charge in [-0.1, -0.05) is 23.7 Å². The molecular weight excluding hydrogens is 455 g/mol. The summed E-state index contributed by atoms with van der Waals surface area (Å²) in [6.07, 6.45) is 1.39. The molecule has 3 aromatic carbocycles. The molecule has 1 saturated carbocycles. The van der Waals surface area contributed by atoms with E-state index in [1.165, 1.54) is 13.2 Å². The number of nitrogens with one attached hydrogen (secondary N) is 2. The SMILES string of the molecule is COc1ccc(NC(=O)C2(c3cccc(Cl)c3)CC2)cc1NS(=O)(=O)c1ccc(F)cc1. The fraction of sp³-hybridized carbons (Fsp3) is 0.174. The first-order chi connectivity index (χ1) is 15.2. The van der Waals surface area contributed by atoms with Crippen molar-refractivity contribution in [3.05, 3.63) is 83.1 Å². The van der Waals surface area contributed by atoms with Crippen molar-refractivity contribution < 1.29 is 22.3 Å². The van der Waals surface area contributed by atoms with Crippen LogP contribution in [0.1, 0.15) is 18.4 Å². The van der Waals surface area contributed by atoms with Gasteiger partial charge in [-0.2, -0.15) is 0 Å². The summed E-state index contributed by atoms with van der Waals surface area (Å²) in [4.78, 5) is 12.9. The second kappa shape index (κ2) is 8.44. The highest BCUT2D eigenvalue weighted by Gasteiger charge is 2.51. The van der Waals surface area contributed by atoms with Gasteiger partial charge in [0.2, 0.25) is 5.91 Å². The molecule has 0 aromatic heterocycles. The van der Waals surface area contributed by atoms with Gasteiger partial charge in [0.15, 0.2) is 0 Å². The fourth-order valence-electron chi connectivity index (χ4n) is 3.49. The molecule has 1 fully saturated rings. The molecule has 3 aromatic rings. The van der Waals surface area contributed by atoms with E-state index in [-0.39, 0.29) is 22.2 Å². The monoisotopic (exact) mass is 474 g/mol. The molecule has 9 heteroatoms. The van der Waals surface area contributed by atoms with Crippen molar-refractivity contribution in [2.24, 2.45) is 0 Å². The quantitative estimate of drug-likeness (QED) is 0.507. The number of halogens is 2. The number of benzene rings is 3. The molecule has 0 atom stereocenters. The molecule has 6 nitrogen and oxygen atoms in total. The highest BCUT2D eigenvalue weighted by atomic mass is 35.5. The van der Waals surface area contributed by atoms with Gasteiger partial charge in [-0.3, -0.25) is 9.52 Å². The fourth-order valence-corrected chi connectivity index (χ4v) is 4.74. The van der Waals surface area contributed by atoms with Gasteiger partial charge in [-0.05, 0) is 73.0 Å². The van der Waals surface area contributed by atoms with Crippen LogP contribution in [0, 0.1) is 5.82 Å². The van der Waals surface area contributed by atoms with E-state index in [0.717, 1.165) is 29.8 Å². The minimum absolute atomic E-state index is 0.103. The Balaban J connectivity index is 1.58. The van der Waals surface area contributed by atoms with E-state index >= 15 is 0 Å². The summed E-state index contributed by atoms with van der Waals surface area (Å²) >= 11 is 6.09. The number of anilines is 2. The second-order valence-corrected chi connectivity index (χ2v) is 9.64. The van der Waals surface area contributed by atoms with Crippen LogP contribution in [0.5, 0.6) is 5.75 Å². The van der Waals surface area contributed by atoms with Gasteiger partial charge in [-0.25, -0.2) is 12.8 Å². The zero-order valence-corrected chi connectivity index (χ0v) is 18.6. The summed E-state index contributed by atoms with van der Waals surface area (Å²) in [5, 5.41) is 3.42. The maximum atomic E-state index is 13.2. The zero-order valence-electron chi connectivity index (χ0n) is 17.1. The number of rotatable bonds is 7. The molecule has 166 valence electrons. The molecule has 4 rings (SSSR count). The maximum absolute atomic E-state index is 13.2. The van der Waals surface area contributed by atoms with Crippen LogP contribution >= 0.6 is 11.6 Å². The molecule has 0 heterocycles. The third-order valence-corrected chi connectivity index (χ3v) is 7.00. The van der Waals surface area contributed by atoms with Crippen LogP contribution in [0.25, 0.3) is 0 Å². The summed E-state index contributed by atoms with van der Waals surface area (Å²) in [5.41, 5.74) is 0.731. The minimum Gasteiger partial charge on any atom is -0.495 e. The number of hydrogen-bond donors (Lipinski definition) is 2. The van der Waals surface area contributed by atoms with Gasteiger partial charge < -0.3 is 10.1 Å². The van der Waals surface area contributed by atoms with Crippen LogP contribution in [0.15, 0.2) is 71.6 Å². The van der Waals surface area contributed by atoms with Crippen LogP contribution < -0.4 is 14.8 Å². The first-order valence-electron chi connectivity index (χ1n) is 9.77. The van der Waals surface area contributed by atoms with Crippen molar-refractivity contribution in [3.63, 3.8) is 0 Å². The Hall–Kier alpha value is -3.10. The van der Waals surface area contributed by atoms with Crippen molar-refractivity contribution in [3.8, 4) is 5.75 Å². The van der Waals surface area contributed by atoms with Gasteiger partial charge in [0.05, 0.1) is 23.1 Å². The van der Waals surface area contributed by atoms with Gasteiger partial charge in [0, 0.05) is 10.7 Å². The number of ether oxygens (including phenoxy) is 1. The molecule has 1 aliphatic carbocycles. The lowest BCUT2D eigenvalue weighted by molar-refractivity contribution is -0.118. The summed E-state index contributed by atoms with van der Waals surface area (Å²) < 4.78 is 46.3. The van der Waals surface area contributed by atoms with Gasteiger partial charge in [0.1, 0.15) is 11.6 Å². The number of carbonyl (C=O) groups excluding carboxylic acids is 1. The Bertz CT molecular complexity index is 1280. The van der Waals surface area contributed by atoms with Crippen molar-refractivity contribution >= 4 is 38.9 Å². The van der Waals surface area contributed by atoms with E-state index in [9.17, 15) is 17.6 Å².